The number of hydrogen-bond donors (Lipinski definition) is 1. The van der Waals surface area contributed by atoms with E-state index in [1.54, 1.807) is 0 Å². The molecule has 0 radical (unpaired) electrons. The van der Waals surface area contributed by atoms with Crippen molar-refractivity contribution in [3.63, 3.8) is 0 Å². The Morgan fingerprint density at radius 3 is 2.86 bits per heavy atom. The summed E-state index contributed by atoms with van der Waals surface area (Å²) < 4.78 is 7.00. The fraction of sp³-hybridized carbons (Fsp3) is 0.647. The zero-order valence-corrected chi connectivity index (χ0v) is 14.9. The number of benzene rings is 1. The van der Waals surface area contributed by atoms with Gasteiger partial charge in [-0.15, -0.1) is 0 Å². The van der Waals surface area contributed by atoms with Crippen molar-refractivity contribution in [1.29, 1.82) is 0 Å². The Hall–Kier alpha value is -0.580. The van der Waals surface area contributed by atoms with Gasteiger partial charge >= 0.3 is 0 Å². The summed E-state index contributed by atoms with van der Waals surface area (Å²) in [6.45, 7) is 7.20. The van der Waals surface area contributed by atoms with Crippen molar-refractivity contribution in [2.45, 2.75) is 45.3 Å². The molecule has 0 aliphatic carbocycles. The second-order valence-corrected chi connectivity index (χ2v) is 6.71. The highest BCUT2D eigenvalue weighted by atomic mass is 79.9. The highest BCUT2D eigenvalue weighted by Gasteiger charge is 2.17. The van der Waals surface area contributed by atoms with Crippen LogP contribution >= 0.6 is 15.9 Å². The summed E-state index contributed by atoms with van der Waals surface area (Å²) in [4.78, 5) is 2.29. The Balaban J connectivity index is 2.01. The van der Waals surface area contributed by atoms with Gasteiger partial charge in [0, 0.05) is 36.4 Å². The normalized spacial score (nSPS) is 20.3. The minimum absolute atomic E-state index is 0.366. The molecule has 1 N–H and O–H groups in total. The van der Waals surface area contributed by atoms with Crippen LogP contribution in [0.25, 0.3) is 0 Å². The highest BCUT2D eigenvalue weighted by Crippen LogP contribution is 2.28. The van der Waals surface area contributed by atoms with E-state index < -0.39 is 0 Å². The van der Waals surface area contributed by atoms with Crippen molar-refractivity contribution in [2.24, 2.45) is 0 Å². The first kappa shape index (κ1) is 16.8. The van der Waals surface area contributed by atoms with E-state index in [4.69, 9.17) is 4.74 Å². The van der Waals surface area contributed by atoms with E-state index in [1.807, 2.05) is 0 Å². The molecule has 3 nitrogen and oxygen atoms in total. The van der Waals surface area contributed by atoms with Crippen LogP contribution in [-0.4, -0.2) is 32.8 Å². The fourth-order valence-corrected chi connectivity index (χ4v) is 3.59. The lowest BCUT2D eigenvalue weighted by molar-refractivity contribution is 0.0216. The molecule has 0 amide bonds. The first-order valence-electron chi connectivity index (χ1n) is 7.97. The van der Waals surface area contributed by atoms with Gasteiger partial charge in [0.1, 0.15) is 0 Å². The van der Waals surface area contributed by atoms with E-state index in [0.29, 0.717) is 12.1 Å². The van der Waals surface area contributed by atoms with Crippen LogP contribution in [0.2, 0.25) is 0 Å². The number of ether oxygens (including phenoxy) is 1. The number of nitrogens with one attached hydrogen (secondary N) is 1. The molecule has 1 aromatic carbocycles. The Morgan fingerprint density at radius 2 is 2.24 bits per heavy atom. The molecule has 1 heterocycles. The third-order valence-electron chi connectivity index (χ3n) is 4.15. The van der Waals surface area contributed by atoms with Gasteiger partial charge in [-0.25, -0.2) is 0 Å². The second-order valence-electron chi connectivity index (χ2n) is 5.85. The van der Waals surface area contributed by atoms with E-state index in [1.165, 1.54) is 35.0 Å². The molecule has 4 heteroatoms. The molecule has 118 valence electrons. The monoisotopic (exact) mass is 354 g/mol. The SMILES string of the molecule is CCNC(C)c1ccc(N(C)CC2CCCCO2)cc1Br. The van der Waals surface area contributed by atoms with Crippen molar-refractivity contribution in [2.75, 3.05) is 31.6 Å². The first-order chi connectivity index (χ1) is 10.1. The number of likely N-dealkylation sites (N-methyl/N-ethyl adjacent to an activating group) is 1. The van der Waals surface area contributed by atoms with E-state index >= 15 is 0 Å². The predicted octanol–water partition coefficient (Wildman–Crippen LogP) is 4.12. The van der Waals surface area contributed by atoms with Gasteiger partial charge in [-0.3, -0.25) is 0 Å². The largest absolute Gasteiger partial charge is 0.376 e. The maximum Gasteiger partial charge on any atom is 0.0749 e. The minimum atomic E-state index is 0.366. The summed E-state index contributed by atoms with van der Waals surface area (Å²) in [5.74, 6) is 0. The fourth-order valence-electron chi connectivity index (χ4n) is 2.88. The Morgan fingerprint density at radius 1 is 1.43 bits per heavy atom. The van der Waals surface area contributed by atoms with Crippen LogP contribution in [0.1, 0.15) is 44.7 Å². The summed E-state index contributed by atoms with van der Waals surface area (Å²) in [6.07, 6.45) is 4.06. The lowest BCUT2D eigenvalue weighted by Gasteiger charge is -2.29. The van der Waals surface area contributed by atoms with Gasteiger partial charge in [0.25, 0.3) is 0 Å². The summed E-state index contributed by atoms with van der Waals surface area (Å²) in [5.41, 5.74) is 2.55. The number of halogens is 1. The van der Waals surface area contributed by atoms with Crippen molar-refractivity contribution >= 4 is 21.6 Å². The van der Waals surface area contributed by atoms with E-state index in [9.17, 15) is 0 Å². The lowest BCUT2D eigenvalue weighted by Crippen LogP contribution is -2.33. The molecule has 2 unspecified atom stereocenters. The van der Waals surface area contributed by atoms with Crippen molar-refractivity contribution < 1.29 is 4.74 Å². The van der Waals surface area contributed by atoms with Crippen LogP contribution in [0.15, 0.2) is 22.7 Å². The maximum absolute atomic E-state index is 5.83. The van der Waals surface area contributed by atoms with Gasteiger partial charge in [0.2, 0.25) is 0 Å². The predicted molar refractivity (Wildman–Crippen MR) is 93.1 cm³/mol. The molecule has 0 aromatic heterocycles. The minimum Gasteiger partial charge on any atom is -0.376 e. The molecule has 21 heavy (non-hydrogen) atoms. The third kappa shape index (κ3) is 4.70. The van der Waals surface area contributed by atoms with E-state index in [-0.39, 0.29) is 0 Å². The third-order valence-corrected chi connectivity index (χ3v) is 4.84. The summed E-state index contributed by atoms with van der Waals surface area (Å²) in [5, 5.41) is 3.45. The molecule has 0 saturated carbocycles. The van der Waals surface area contributed by atoms with Crippen molar-refractivity contribution in [1.82, 2.24) is 5.32 Å². The smallest absolute Gasteiger partial charge is 0.0749 e. The molecule has 1 aromatic rings. The van der Waals surface area contributed by atoms with Crippen molar-refractivity contribution in [3.8, 4) is 0 Å². The average Bonchev–Trinajstić information content (AvgIpc) is 2.48. The van der Waals surface area contributed by atoms with Gasteiger partial charge in [-0.05, 0) is 50.4 Å². The zero-order valence-electron chi connectivity index (χ0n) is 13.4. The maximum atomic E-state index is 5.83. The van der Waals surface area contributed by atoms with Crippen LogP contribution in [-0.2, 0) is 4.74 Å². The highest BCUT2D eigenvalue weighted by molar-refractivity contribution is 9.10. The number of anilines is 1. The number of hydrogen-bond acceptors (Lipinski definition) is 3. The molecule has 1 fully saturated rings. The molecule has 1 saturated heterocycles. The second kappa shape index (κ2) is 8.16. The van der Waals surface area contributed by atoms with Crippen LogP contribution in [0.4, 0.5) is 5.69 Å². The van der Waals surface area contributed by atoms with E-state index in [2.05, 4.69) is 65.2 Å². The Kier molecular flexibility index (Phi) is 6.52. The van der Waals surface area contributed by atoms with Crippen molar-refractivity contribution in [3.05, 3.63) is 28.2 Å². The topological polar surface area (TPSA) is 24.5 Å². The molecule has 2 atom stereocenters. The standard InChI is InChI=1S/C17H27BrN2O/c1-4-19-13(2)16-9-8-14(11-17(16)18)20(3)12-15-7-5-6-10-21-15/h8-9,11,13,15,19H,4-7,10,12H2,1-3H3. The van der Waals surface area contributed by atoms with Gasteiger partial charge in [-0.2, -0.15) is 0 Å². The molecule has 0 spiro atoms. The molecular formula is C17H27BrN2O. The molecule has 2 rings (SSSR count). The molecule has 1 aliphatic heterocycles. The number of nitrogens with zero attached hydrogens (tertiary/aromatic N) is 1. The molecular weight excluding hydrogens is 328 g/mol. The Bertz CT molecular complexity index is 446. The lowest BCUT2D eigenvalue weighted by atomic mass is 10.1. The van der Waals surface area contributed by atoms with Crippen LogP contribution < -0.4 is 10.2 Å². The Labute approximate surface area is 137 Å². The van der Waals surface area contributed by atoms with E-state index in [0.717, 1.165) is 19.7 Å². The van der Waals surface area contributed by atoms with Gasteiger partial charge in [-0.1, -0.05) is 28.9 Å². The quantitative estimate of drug-likeness (QED) is 0.831. The molecule has 0 bridgehead atoms. The van der Waals surface area contributed by atoms with Crippen LogP contribution in [0.5, 0.6) is 0 Å². The van der Waals surface area contributed by atoms with Gasteiger partial charge in [0.05, 0.1) is 6.10 Å². The summed E-state index contributed by atoms with van der Waals surface area (Å²) in [6, 6.07) is 7.00. The molecule has 1 aliphatic rings. The average molecular weight is 355 g/mol. The van der Waals surface area contributed by atoms with Gasteiger partial charge in [0.15, 0.2) is 0 Å². The van der Waals surface area contributed by atoms with Crippen LogP contribution in [0, 0.1) is 0 Å². The zero-order chi connectivity index (χ0) is 15.2. The summed E-state index contributed by atoms with van der Waals surface area (Å²) in [7, 11) is 2.15. The summed E-state index contributed by atoms with van der Waals surface area (Å²) >= 11 is 3.71. The van der Waals surface area contributed by atoms with Crippen LogP contribution in [0.3, 0.4) is 0 Å². The number of rotatable bonds is 6. The van der Waals surface area contributed by atoms with Gasteiger partial charge < -0.3 is 15.0 Å². The first-order valence-corrected chi connectivity index (χ1v) is 8.76.